The molecule has 6 heteroatoms. The zero-order valence-corrected chi connectivity index (χ0v) is 22.4. The van der Waals surface area contributed by atoms with Gasteiger partial charge in [-0.05, 0) is 27.8 Å². The van der Waals surface area contributed by atoms with Crippen molar-refractivity contribution in [3.63, 3.8) is 0 Å². The van der Waals surface area contributed by atoms with E-state index in [1.54, 1.807) is 0 Å². The first-order valence-corrected chi connectivity index (χ1v) is 13.4. The van der Waals surface area contributed by atoms with Crippen LogP contribution in [-0.4, -0.2) is 13.7 Å². The maximum atomic E-state index is 2.24. The molecule has 0 fully saturated rings. The van der Waals surface area contributed by atoms with Gasteiger partial charge in [-0.15, -0.1) is 0 Å². The van der Waals surface area contributed by atoms with Gasteiger partial charge in [0.15, 0.2) is 0 Å². The van der Waals surface area contributed by atoms with Gasteiger partial charge in [-0.25, -0.2) is 27.4 Å². The number of rotatable bonds is 10. The van der Waals surface area contributed by atoms with E-state index in [2.05, 4.69) is 162 Å². The van der Waals surface area contributed by atoms with E-state index in [0.29, 0.717) is 0 Å². The Balaban J connectivity index is 1.01. The topological polar surface area (TPSA) is 26.4 Å². The summed E-state index contributed by atoms with van der Waals surface area (Å²) in [6, 6.07) is 28.4. The molecule has 6 rings (SSSR count). The van der Waals surface area contributed by atoms with Gasteiger partial charge in [-0.1, -0.05) is 78.9 Å². The molecule has 0 aliphatic heterocycles. The molecule has 0 atom stereocenters. The quantitative estimate of drug-likeness (QED) is 0.249. The monoisotopic (exact) mass is 515 g/mol. The lowest BCUT2D eigenvalue weighted by Gasteiger charge is -2.02. The molecule has 3 heterocycles. The van der Waals surface area contributed by atoms with E-state index in [9.17, 15) is 0 Å². The summed E-state index contributed by atoms with van der Waals surface area (Å²) in [7, 11) is 2.05. The highest BCUT2D eigenvalue weighted by Gasteiger charge is 2.09. The summed E-state index contributed by atoms with van der Waals surface area (Å²) in [6.45, 7) is 4.38. The molecule has 6 nitrogen and oxygen atoms in total. The molecule has 0 aliphatic carbocycles. The molecule has 0 saturated heterocycles. The van der Waals surface area contributed by atoms with Crippen LogP contribution in [0.25, 0.3) is 0 Å². The summed E-state index contributed by atoms with van der Waals surface area (Å²) in [4.78, 5) is 0. The summed E-state index contributed by atoms with van der Waals surface area (Å²) >= 11 is 0. The van der Waals surface area contributed by atoms with Crippen LogP contribution in [0.2, 0.25) is 0 Å². The lowest BCUT2D eigenvalue weighted by atomic mass is 10.1. The standard InChI is InChI=1S/C33H35N6/c1-34-15-16-35(26-34)22-30-7-9-31(10-8-30)24-38-19-20-39(28-38)25-33-13-11-32(12-14-33)23-37-18-17-36(27-37)21-29-5-3-2-4-6-29/h2-20,26-28H,21-25H2,1H3/q+3. The van der Waals surface area contributed by atoms with Gasteiger partial charge in [0.2, 0.25) is 19.0 Å². The van der Waals surface area contributed by atoms with Crippen LogP contribution in [0.4, 0.5) is 0 Å². The molecule has 39 heavy (non-hydrogen) atoms. The fourth-order valence-corrected chi connectivity index (χ4v) is 4.98. The Morgan fingerprint density at radius 2 is 0.872 bits per heavy atom. The molecule has 0 saturated carbocycles. The number of imidazole rings is 3. The highest BCUT2D eigenvalue weighted by molar-refractivity contribution is 5.24. The lowest BCUT2D eigenvalue weighted by molar-refractivity contribution is -0.688. The molecule has 6 aromatic rings. The highest BCUT2D eigenvalue weighted by atomic mass is 15.1. The Labute approximate surface area is 229 Å². The van der Waals surface area contributed by atoms with Gasteiger partial charge >= 0.3 is 0 Å². The number of aryl methyl sites for hydroxylation is 1. The van der Waals surface area contributed by atoms with E-state index >= 15 is 0 Å². The third-order valence-electron chi connectivity index (χ3n) is 7.03. The van der Waals surface area contributed by atoms with Gasteiger partial charge in [-0.3, -0.25) is 0 Å². The largest absolute Gasteiger partial charge is 0.244 e. The van der Waals surface area contributed by atoms with Gasteiger partial charge in [0.05, 0.1) is 7.05 Å². The smallest absolute Gasteiger partial charge is 0.240 e. The van der Waals surface area contributed by atoms with Crippen LogP contribution in [0, 0.1) is 0 Å². The normalized spacial score (nSPS) is 11.2. The Morgan fingerprint density at radius 1 is 0.462 bits per heavy atom. The summed E-state index contributed by atoms with van der Waals surface area (Å²) in [5, 5.41) is 0. The second-order valence-electron chi connectivity index (χ2n) is 10.4. The second-order valence-corrected chi connectivity index (χ2v) is 10.4. The molecule has 0 spiro atoms. The van der Waals surface area contributed by atoms with Crippen molar-refractivity contribution in [1.82, 2.24) is 13.7 Å². The van der Waals surface area contributed by atoms with Crippen molar-refractivity contribution >= 4 is 0 Å². The van der Waals surface area contributed by atoms with Crippen molar-refractivity contribution in [2.45, 2.75) is 32.7 Å². The summed E-state index contributed by atoms with van der Waals surface area (Å²) in [6.07, 6.45) is 19.2. The Morgan fingerprint density at radius 3 is 1.33 bits per heavy atom. The Kier molecular flexibility index (Phi) is 7.17. The van der Waals surface area contributed by atoms with E-state index in [-0.39, 0.29) is 0 Å². The van der Waals surface area contributed by atoms with E-state index in [0.717, 1.165) is 32.7 Å². The average Bonchev–Trinajstić information content (AvgIpc) is 3.69. The molecule has 0 aliphatic rings. The first-order valence-electron chi connectivity index (χ1n) is 13.4. The third kappa shape index (κ3) is 6.60. The Hall–Kier alpha value is -4.71. The lowest BCUT2D eigenvalue weighted by Crippen LogP contribution is -2.31. The zero-order chi connectivity index (χ0) is 26.4. The van der Waals surface area contributed by atoms with Crippen molar-refractivity contribution in [2.24, 2.45) is 7.05 Å². The number of nitrogens with zero attached hydrogens (tertiary/aromatic N) is 6. The minimum Gasteiger partial charge on any atom is -0.240 e. The predicted molar refractivity (Wildman–Crippen MR) is 150 cm³/mol. The SMILES string of the molecule is C[n+]1ccn(Cc2ccc(Cn3cc[n+](Cc4ccc(Cn5cc[n+](Cc6ccccc6)c5)cc4)c3)cc2)c1. The van der Waals surface area contributed by atoms with Crippen LogP contribution in [0.1, 0.15) is 27.8 Å². The first kappa shape index (κ1) is 24.6. The van der Waals surface area contributed by atoms with E-state index < -0.39 is 0 Å². The predicted octanol–water partition coefficient (Wildman–Crippen LogP) is 3.73. The molecular weight excluding hydrogens is 480 g/mol. The van der Waals surface area contributed by atoms with Gasteiger partial charge in [-0.2, -0.15) is 0 Å². The maximum Gasteiger partial charge on any atom is 0.244 e. The summed E-state index contributed by atoms with van der Waals surface area (Å²) in [5.74, 6) is 0. The number of aromatic nitrogens is 6. The van der Waals surface area contributed by atoms with E-state index in [1.807, 2.05) is 7.05 Å². The third-order valence-corrected chi connectivity index (χ3v) is 7.03. The van der Waals surface area contributed by atoms with Crippen molar-refractivity contribution < 1.29 is 13.7 Å². The molecule has 0 amide bonds. The summed E-state index contributed by atoms with van der Waals surface area (Å²) in [5.41, 5.74) is 6.53. The molecule has 0 unspecified atom stereocenters. The van der Waals surface area contributed by atoms with E-state index in [4.69, 9.17) is 0 Å². The van der Waals surface area contributed by atoms with Gasteiger partial charge in [0, 0.05) is 0 Å². The van der Waals surface area contributed by atoms with Gasteiger partial charge < -0.3 is 0 Å². The second kappa shape index (κ2) is 11.4. The van der Waals surface area contributed by atoms with Crippen LogP contribution in [0.5, 0.6) is 0 Å². The molecule has 3 aromatic carbocycles. The minimum atomic E-state index is 0.862. The van der Waals surface area contributed by atoms with Crippen LogP contribution in [0.15, 0.2) is 135 Å². The van der Waals surface area contributed by atoms with Crippen molar-refractivity contribution in [3.8, 4) is 0 Å². The van der Waals surface area contributed by atoms with Crippen LogP contribution >= 0.6 is 0 Å². The molecule has 3 aromatic heterocycles. The van der Waals surface area contributed by atoms with Crippen molar-refractivity contribution in [2.75, 3.05) is 0 Å². The van der Waals surface area contributed by atoms with E-state index in [1.165, 1.54) is 27.8 Å². The maximum absolute atomic E-state index is 2.24. The number of hydrogen-bond acceptors (Lipinski definition) is 0. The fourth-order valence-electron chi connectivity index (χ4n) is 4.98. The van der Waals surface area contributed by atoms with Crippen LogP contribution < -0.4 is 13.7 Å². The molecule has 0 bridgehead atoms. The van der Waals surface area contributed by atoms with Gasteiger partial charge in [0.1, 0.15) is 69.9 Å². The minimum absolute atomic E-state index is 0.862. The molecule has 194 valence electrons. The first-order chi connectivity index (χ1) is 19.1. The average molecular weight is 516 g/mol. The summed E-state index contributed by atoms with van der Waals surface area (Å²) < 4.78 is 13.2. The molecule has 0 N–H and O–H groups in total. The zero-order valence-electron chi connectivity index (χ0n) is 22.4. The van der Waals surface area contributed by atoms with Crippen molar-refractivity contribution in [1.29, 1.82) is 0 Å². The van der Waals surface area contributed by atoms with Crippen molar-refractivity contribution in [3.05, 3.63) is 163 Å². The van der Waals surface area contributed by atoms with Gasteiger partial charge in [0.25, 0.3) is 0 Å². The van der Waals surface area contributed by atoms with Crippen LogP contribution in [0.3, 0.4) is 0 Å². The fraction of sp³-hybridized carbons (Fsp3) is 0.182. The van der Waals surface area contributed by atoms with Crippen LogP contribution in [-0.2, 0) is 39.8 Å². The molecular formula is C33H35N6+3. The highest BCUT2D eigenvalue weighted by Crippen LogP contribution is 2.09. The number of benzene rings is 3. The number of hydrogen-bond donors (Lipinski definition) is 0. The Bertz CT molecular complexity index is 1620. The molecule has 0 radical (unpaired) electrons.